The average Bonchev–Trinajstić information content (AvgIpc) is 2.06. The number of hydrogen-bond donors (Lipinski definition) is 1. The quantitative estimate of drug-likeness (QED) is 0.693. The first-order valence-electron chi connectivity index (χ1n) is 5.65. The molecule has 0 amide bonds. The van der Waals surface area contributed by atoms with Crippen LogP contribution in [0.4, 0.5) is 13.2 Å². The second-order valence-corrected chi connectivity index (χ2v) is 4.75. The van der Waals surface area contributed by atoms with Gasteiger partial charge < -0.3 is 10.0 Å². The smallest absolute Gasteiger partial charge is 0.389 e. The first-order valence-corrected chi connectivity index (χ1v) is 5.65. The summed E-state index contributed by atoms with van der Waals surface area (Å²) >= 11 is 0. The molecule has 0 heterocycles. The lowest BCUT2D eigenvalue weighted by molar-refractivity contribution is -0.135. The molecule has 0 aliphatic carbocycles. The highest BCUT2D eigenvalue weighted by Gasteiger charge is 2.26. The Morgan fingerprint density at radius 3 is 2.06 bits per heavy atom. The SMILES string of the molecule is CCN(CCCCC(F)(F)F)CC(C)(C)O. The van der Waals surface area contributed by atoms with Crippen LogP contribution in [-0.4, -0.2) is 41.4 Å². The molecule has 0 rings (SSSR count). The van der Waals surface area contributed by atoms with Gasteiger partial charge in [0.05, 0.1) is 5.60 Å². The lowest BCUT2D eigenvalue weighted by Gasteiger charge is -2.27. The lowest BCUT2D eigenvalue weighted by atomic mass is 10.1. The minimum atomic E-state index is -4.05. The molecular weight excluding hydrogens is 219 g/mol. The van der Waals surface area contributed by atoms with Gasteiger partial charge in [0.15, 0.2) is 0 Å². The van der Waals surface area contributed by atoms with Crippen LogP contribution in [0.25, 0.3) is 0 Å². The van der Waals surface area contributed by atoms with Gasteiger partial charge in [0.2, 0.25) is 0 Å². The Labute approximate surface area is 95.4 Å². The number of likely N-dealkylation sites (N-methyl/N-ethyl adjacent to an activating group) is 1. The molecule has 2 nitrogen and oxygen atoms in total. The molecule has 1 N–H and O–H groups in total. The third-order valence-electron chi connectivity index (χ3n) is 2.24. The fourth-order valence-corrected chi connectivity index (χ4v) is 1.56. The van der Waals surface area contributed by atoms with Crippen molar-refractivity contribution in [2.45, 2.75) is 51.8 Å². The van der Waals surface area contributed by atoms with Crippen molar-refractivity contribution in [3.8, 4) is 0 Å². The fraction of sp³-hybridized carbons (Fsp3) is 1.00. The summed E-state index contributed by atoms with van der Waals surface area (Å²) < 4.78 is 35.6. The van der Waals surface area contributed by atoms with Gasteiger partial charge >= 0.3 is 6.18 Å². The fourth-order valence-electron chi connectivity index (χ4n) is 1.56. The van der Waals surface area contributed by atoms with E-state index in [4.69, 9.17) is 0 Å². The predicted molar refractivity (Wildman–Crippen MR) is 58.3 cm³/mol. The van der Waals surface area contributed by atoms with Crippen molar-refractivity contribution in [2.24, 2.45) is 0 Å². The normalized spacial score (nSPS) is 13.5. The van der Waals surface area contributed by atoms with Crippen molar-refractivity contribution in [1.29, 1.82) is 0 Å². The first kappa shape index (κ1) is 15.7. The number of rotatable bonds is 7. The zero-order valence-corrected chi connectivity index (χ0v) is 10.3. The summed E-state index contributed by atoms with van der Waals surface area (Å²) in [6.07, 6.45) is -4.09. The number of aliphatic hydroxyl groups is 1. The zero-order valence-electron chi connectivity index (χ0n) is 10.3. The maximum absolute atomic E-state index is 11.9. The summed E-state index contributed by atoms with van der Waals surface area (Å²) in [6.45, 7) is 7.19. The predicted octanol–water partition coefficient (Wildman–Crippen LogP) is 2.81. The molecule has 98 valence electrons. The van der Waals surface area contributed by atoms with E-state index >= 15 is 0 Å². The monoisotopic (exact) mass is 241 g/mol. The summed E-state index contributed by atoms with van der Waals surface area (Å²) in [4.78, 5) is 1.97. The maximum Gasteiger partial charge on any atom is 0.389 e. The number of hydrogen-bond acceptors (Lipinski definition) is 2. The number of unbranched alkanes of at least 4 members (excludes halogenated alkanes) is 1. The second-order valence-electron chi connectivity index (χ2n) is 4.75. The minimum Gasteiger partial charge on any atom is -0.389 e. The molecule has 0 radical (unpaired) electrons. The van der Waals surface area contributed by atoms with Crippen molar-refractivity contribution in [3.05, 3.63) is 0 Å². The highest BCUT2D eigenvalue weighted by Crippen LogP contribution is 2.22. The molecule has 5 heteroatoms. The van der Waals surface area contributed by atoms with Crippen LogP contribution in [0, 0.1) is 0 Å². The molecule has 0 bridgehead atoms. The second kappa shape index (κ2) is 6.45. The van der Waals surface area contributed by atoms with Gasteiger partial charge in [-0.25, -0.2) is 0 Å². The Kier molecular flexibility index (Phi) is 6.33. The summed E-state index contributed by atoms with van der Waals surface area (Å²) in [5.74, 6) is 0. The van der Waals surface area contributed by atoms with E-state index < -0.39 is 18.2 Å². The molecule has 0 spiro atoms. The van der Waals surface area contributed by atoms with Crippen LogP contribution < -0.4 is 0 Å². The van der Waals surface area contributed by atoms with E-state index in [1.54, 1.807) is 13.8 Å². The van der Waals surface area contributed by atoms with E-state index in [1.165, 1.54) is 0 Å². The van der Waals surface area contributed by atoms with Crippen LogP contribution in [0.5, 0.6) is 0 Å². The van der Waals surface area contributed by atoms with Gasteiger partial charge in [0, 0.05) is 13.0 Å². The standard InChI is InChI=1S/C11H22F3NO/c1-4-15(9-10(2,3)16)8-6-5-7-11(12,13)14/h16H,4-9H2,1-3H3. The van der Waals surface area contributed by atoms with E-state index in [9.17, 15) is 18.3 Å². The van der Waals surface area contributed by atoms with Crippen LogP contribution >= 0.6 is 0 Å². The van der Waals surface area contributed by atoms with Crippen molar-refractivity contribution in [3.63, 3.8) is 0 Å². The van der Waals surface area contributed by atoms with Crippen LogP contribution in [0.3, 0.4) is 0 Å². The summed E-state index contributed by atoms with van der Waals surface area (Å²) in [6, 6.07) is 0. The van der Waals surface area contributed by atoms with Crippen LogP contribution in [0.2, 0.25) is 0 Å². The summed E-state index contributed by atoms with van der Waals surface area (Å²) in [5, 5.41) is 9.58. The molecule has 0 fully saturated rings. The molecule has 16 heavy (non-hydrogen) atoms. The van der Waals surface area contributed by atoms with E-state index in [2.05, 4.69) is 0 Å². The lowest BCUT2D eigenvalue weighted by Crippen LogP contribution is -2.39. The van der Waals surface area contributed by atoms with Gasteiger partial charge in [-0.2, -0.15) is 13.2 Å². The summed E-state index contributed by atoms with van der Waals surface area (Å²) in [5.41, 5.74) is -0.792. The third-order valence-corrected chi connectivity index (χ3v) is 2.24. The molecular formula is C11H22F3NO. The zero-order chi connectivity index (χ0) is 12.8. The molecule has 0 aromatic heterocycles. The van der Waals surface area contributed by atoms with Gasteiger partial charge in [0.25, 0.3) is 0 Å². The molecule has 0 saturated heterocycles. The van der Waals surface area contributed by atoms with Crippen molar-refractivity contribution < 1.29 is 18.3 Å². The highest BCUT2D eigenvalue weighted by molar-refractivity contribution is 4.71. The van der Waals surface area contributed by atoms with Crippen LogP contribution in [0.15, 0.2) is 0 Å². The topological polar surface area (TPSA) is 23.5 Å². The van der Waals surface area contributed by atoms with Gasteiger partial charge in [-0.15, -0.1) is 0 Å². The van der Waals surface area contributed by atoms with Gasteiger partial charge in [-0.1, -0.05) is 6.92 Å². The Morgan fingerprint density at radius 1 is 1.12 bits per heavy atom. The molecule has 0 saturated carbocycles. The van der Waals surface area contributed by atoms with E-state index in [0.29, 0.717) is 19.5 Å². The van der Waals surface area contributed by atoms with Gasteiger partial charge in [-0.05, 0) is 39.8 Å². The van der Waals surface area contributed by atoms with Crippen molar-refractivity contribution >= 4 is 0 Å². The number of halogens is 3. The largest absolute Gasteiger partial charge is 0.389 e. The molecule has 0 atom stereocenters. The Balaban J connectivity index is 3.72. The van der Waals surface area contributed by atoms with Crippen LogP contribution in [-0.2, 0) is 0 Å². The first-order chi connectivity index (χ1) is 7.14. The van der Waals surface area contributed by atoms with E-state index in [0.717, 1.165) is 6.54 Å². The van der Waals surface area contributed by atoms with E-state index in [-0.39, 0.29) is 6.42 Å². The average molecular weight is 241 g/mol. The van der Waals surface area contributed by atoms with Gasteiger partial charge in [0.1, 0.15) is 0 Å². The van der Waals surface area contributed by atoms with Crippen LogP contribution in [0.1, 0.15) is 40.0 Å². The van der Waals surface area contributed by atoms with E-state index in [1.807, 2.05) is 11.8 Å². The minimum absolute atomic E-state index is 0.159. The van der Waals surface area contributed by atoms with Crippen molar-refractivity contribution in [1.82, 2.24) is 4.90 Å². The Morgan fingerprint density at radius 2 is 1.69 bits per heavy atom. The Hall–Kier alpha value is -0.290. The highest BCUT2D eigenvalue weighted by atomic mass is 19.4. The number of nitrogens with zero attached hydrogens (tertiary/aromatic N) is 1. The van der Waals surface area contributed by atoms with Gasteiger partial charge in [-0.3, -0.25) is 0 Å². The molecule has 0 aromatic carbocycles. The Bertz CT molecular complexity index is 187. The molecule has 0 aliphatic rings. The number of alkyl halides is 3. The molecule has 0 aliphatic heterocycles. The maximum atomic E-state index is 11.9. The van der Waals surface area contributed by atoms with Crippen molar-refractivity contribution in [2.75, 3.05) is 19.6 Å². The molecule has 0 aromatic rings. The summed E-state index contributed by atoms with van der Waals surface area (Å²) in [7, 11) is 0. The molecule has 0 unspecified atom stereocenters. The third kappa shape index (κ3) is 10.2.